The van der Waals surface area contributed by atoms with Gasteiger partial charge in [0.2, 0.25) is 5.88 Å². The van der Waals surface area contributed by atoms with Crippen molar-refractivity contribution in [2.45, 2.75) is 45.3 Å². The molecule has 1 aliphatic carbocycles. The van der Waals surface area contributed by atoms with Crippen molar-refractivity contribution in [2.75, 3.05) is 26.3 Å². The number of aliphatic hydroxyl groups is 1. The maximum atomic E-state index is 13.6. The Morgan fingerprint density at radius 1 is 1.13 bits per heavy atom. The molecule has 2 aliphatic rings. The van der Waals surface area contributed by atoms with Crippen LogP contribution in [0.2, 0.25) is 0 Å². The zero-order valence-electron chi connectivity index (χ0n) is 18.0. The molecule has 0 amide bonds. The smallest absolute Gasteiger partial charge is 0.319 e. The molecule has 1 saturated carbocycles. The molecule has 2 fully saturated rings. The van der Waals surface area contributed by atoms with Gasteiger partial charge in [-0.15, -0.1) is 0 Å². The van der Waals surface area contributed by atoms with E-state index in [2.05, 4.69) is 14.9 Å². The quantitative estimate of drug-likeness (QED) is 0.719. The summed E-state index contributed by atoms with van der Waals surface area (Å²) in [5, 5.41) is 11.9. The lowest BCUT2D eigenvalue weighted by atomic mass is 9.68. The number of nitrogens with zero attached hydrogens (tertiary/aromatic N) is 3. The summed E-state index contributed by atoms with van der Waals surface area (Å²) in [5.74, 6) is -0.555. The van der Waals surface area contributed by atoms with Crippen LogP contribution in [0, 0.1) is 23.5 Å². The van der Waals surface area contributed by atoms with Crippen molar-refractivity contribution >= 4 is 0 Å². The average molecular weight is 433 g/mol. The predicted molar refractivity (Wildman–Crippen MR) is 111 cm³/mol. The third kappa shape index (κ3) is 4.50. The van der Waals surface area contributed by atoms with Crippen LogP contribution >= 0.6 is 0 Å². The van der Waals surface area contributed by atoms with Crippen molar-refractivity contribution in [2.24, 2.45) is 11.8 Å². The highest BCUT2D eigenvalue weighted by molar-refractivity contribution is 5.33. The van der Waals surface area contributed by atoms with Gasteiger partial charge in [0.1, 0.15) is 17.2 Å². The van der Waals surface area contributed by atoms with Crippen LogP contribution in [0.4, 0.5) is 8.78 Å². The van der Waals surface area contributed by atoms with E-state index in [0.717, 1.165) is 25.5 Å². The van der Waals surface area contributed by atoms with Crippen molar-refractivity contribution in [3.8, 4) is 11.9 Å². The topological polar surface area (TPSA) is 67.7 Å². The fourth-order valence-electron chi connectivity index (χ4n) is 5.13. The summed E-state index contributed by atoms with van der Waals surface area (Å²) in [6, 6.07) is 3.84. The highest BCUT2D eigenvalue weighted by Gasteiger charge is 2.51. The number of ether oxygens (including phenoxy) is 2. The third-order valence-electron chi connectivity index (χ3n) is 6.34. The molecule has 31 heavy (non-hydrogen) atoms. The molecular weight excluding hydrogens is 404 g/mol. The number of likely N-dealkylation sites (tertiary alicyclic amines) is 1. The molecule has 0 radical (unpaired) electrons. The summed E-state index contributed by atoms with van der Waals surface area (Å²) < 4.78 is 38.4. The van der Waals surface area contributed by atoms with Gasteiger partial charge in [-0.1, -0.05) is 0 Å². The number of hydrogen-bond acceptors (Lipinski definition) is 6. The first-order valence-corrected chi connectivity index (χ1v) is 11.0. The van der Waals surface area contributed by atoms with Gasteiger partial charge in [0.05, 0.1) is 18.8 Å². The molecule has 1 aromatic heterocycles. The molecule has 1 aliphatic heterocycles. The number of rotatable bonds is 7. The molecule has 6 nitrogen and oxygen atoms in total. The van der Waals surface area contributed by atoms with E-state index in [9.17, 15) is 13.9 Å². The van der Waals surface area contributed by atoms with Crippen LogP contribution in [0.3, 0.4) is 0 Å². The van der Waals surface area contributed by atoms with Gasteiger partial charge >= 0.3 is 6.01 Å². The Hall–Kier alpha value is -2.32. The lowest BCUT2D eigenvalue weighted by Crippen LogP contribution is -2.43. The van der Waals surface area contributed by atoms with Crippen LogP contribution in [-0.4, -0.2) is 46.3 Å². The zero-order chi connectivity index (χ0) is 22.0. The first-order valence-electron chi connectivity index (χ1n) is 11.0. The molecule has 1 N–H and O–H groups in total. The summed E-state index contributed by atoms with van der Waals surface area (Å²) >= 11 is 0. The number of benzene rings is 1. The fourth-order valence-corrected chi connectivity index (χ4v) is 5.13. The molecule has 3 atom stereocenters. The van der Waals surface area contributed by atoms with Gasteiger partial charge in [-0.2, -0.15) is 4.98 Å². The van der Waals surface area contributed by atoms with Gasteiger partial charge in [0, 0.05) is 37.8 Å². The normalized spacial score (nSPS) is 26.0. The van der Waals surface area contributed by atoms with E-state index in [1.165, 1.54) is 12.1 Å². The summed E-state index contributed by atoms with van der Waals surface area (Å²) in [7, 11) is 0. The lowest BCUT2D eigenvalue weighted by Gasteiger charge is -2.41. The Morgan fingerprint density at radius 2 is 1.87 bits per heavy atom. The van der Waals surface area contributed by atoms with Crippen molar-refractivity contribution in [3.63, 3.8) is 0 Å². The van der Waals surface area contributed by atoms with Gasteiger partial charge < -0.3 is 14.6 Å². The highest BCUT2D eigenvalue weighted by atomic mass is 19.1. The first-order chi connectivity index (χ1) is 14.9. The summed E-state index contributed by atoms with van der Waals surface area (Å²) in [6.07, 6.45) is 4.09. The lowest BCUT2D eigenvalue weighted by molar-refractivity contribution is -0.0672. The van der Waals surface area contributed by atoms with E-state index in [0.29, 0.717) is 49.7 Å². The Bertz CT molecular complexity index is 909. The molecular formula is C23H29F2N3O3. The van der Waals surface area contributed by atoms with E-state index < -0.39 is 17.2 Å². The second-order valence-electron chi connectivity index (χ2n) is 8.39. The molecule has 2 heterocycles. The standard InChI is InChI=1S/C23H29F2N3O3/c1-3-30-21-19(11-26-22(27-21)31-4-2)23(29)7-5-6-16-13-28(14-20(16)23)12-15-8-17(24)10-18(25)9-15/h8-11,16,20,29H,3-7,12-14H2,1-2H3/t16-,20+,23+/m1/s1. The largest absolute Gasteiger partial charge is 0.478 e. The van der Waals surface area contributed by atoms with Crippen LogP contribution in [0.15, 0.2) is 24.4 Å². The second kappa shape index (κ2) is 9.04. The third-order valence-corrected chi connectivity index (χ3v) is 6.34. The second-order valence-corrected chi connectivity index (χ2v) is 8.39. The Labute approximate surface area is 181 Å². The summed E-state index contributed by atoms with van der Waals surface area (Å²) in [6.45, 7) is 6.41. The summed E-state index contributed by atoms with van der Waals surface area (Å²) in [4.78, 5) is 10.8. The van der Waals surface area contributed by atoms with E-state index in [-0.39, 0.29) is 17.8 Å². The van der Waals surface area contributed by atoms with Crippen molar-refractivity contribution in [3.05, 3.63) is 47.2 Å². The Kier molecular flexibility index (Phi) is 6.39. The molecule has 2 aromatic rings. The number of halogens is 2. The van der Waals surface area contributed by atoms with E-state index in [4.69, 9.17) is 9.47 Å². The molecule has 1 aromatic carbocycles. The number of fused-ring (bicyclic) bond motifs is 1. The van der Waals surface area contributed by atoms with Crippen molar-refractivity contribution in [1.29, 1.82) is 0 Å². The molecule has 0 unspecified atom stereocenters. The molecule has 168 valence electrons. The van der Waals surface area contributed by atoms with Crippen LogP contribution < -0.4 is 9.47 Å². The molecule has 0 bridgehead atoms. The van der Waals surface area contributed by atoms with E-state index in [1.54, 1.807) is 6.20 Å². The molecule has 1 saturated heterocycles. The Morgan fingerprint density at radius 3 is 2.58 bits per heavy atom. The minimum Gasteiger partial charge on any atom is -0.478 e. The maximum absolute atomic E-state index is 13.6. The SMILES string of the molecule is CCOc1ncc([C@@]2(O)CCC[C@@H]3CN(Cc4cc(F)cc(F)c4)C[C@@H]32)c(OCC)n1. The van der Waals surface area contributed by atoms with Crippen LogP contribution in [0.5, 0.6) is 11.9 Å². The fraction of sp³-hybridized carbons (Fsp3) is 0.565. The maximum Gasteiger partial charge on any atom is 0.319 e. The first kappa shape index (κ1) is 21.9. The highest BCUT2D eigenvalue weighted by Crippen LogP contribution is 2.50. The van der Waals surface area contributed by atoms with Gasteiger partial charge in [-0.3, -0.25) is 4.90 Å². The van der Waals surface area contributed by atoms with Gasteiger partial charge in [0.15, 0.2) is 0 Å². The minimum atomic E-state index is -1.12. The Balaban J connectivity index is 1.59. The number of aromatic nitrogens is 2. The molecule has 0 spiro atoms. The average Bonchev–Trinajstić information content (AvgIpc) is 3.12. The van der Waals surface area contributed by atoms with Crippen molar-refractivity contribution < 1.29 is 23.4 Å². The van der Waals surface area contributed by atoms with Crippen LogP contribution in [-0.2, 0) is 12.1 Å². The summed E-state index contributed by atoms with van der Waals surface area (Å²) in [5.41, 5.74) is 0.0605. The monoisotopic (exact) mass is 433 g/mol. The minimum absolute atomic E-state index is 0.0413. The van der Waals surface area contributed by atoms with Crippen LogP contribution in [0.25, 0.3) is 0 Å². The van der Waals surface area contributed by atoms with E-state index in [1.807, 2.05) is 13.8 Å². The van der Waals surface area contributed by atoms with Gasteiger partial charge in [-0.25, -0.2) is 13.8 Å². The van der Waals surface area contributed by atoms with Gasteiger partial charge in [0.25, 0.3) is 0 Å². The zero-order valence-corrected chi connectivity index (χ0v) is 18.0. The predicted octanol–water partition coefficient (Wildman–Crippen LogP) is 3.67. The van der Waals surface area contributed by atoms with E-state index >= 15 is 0 Å². The van der Waals surface area contributed by atoms with Crippen molar-refractivity contribution in [1.82, 2.24) is 14.9 Å². The van der Waals surface area contributed by atoms with Gasteiger partial charge in [-0.05, 0) is 56.7 Å². The van der Waals surface area contributed by atoms with Crippen LogP contribution in [0.1, 0.15) is 44.2 Å². The number of hydrogen-bond donors (Lipinski definition) is 1. The molecule has 8 heteroatoms. The molecule has 4 rings (SSSR count).